The molecule has 5 nitrogen and oxygen atoms in total. The van der Waals surface area contributed by atoms with E-state index in [9.17, 15) is 4.79 Å². The number of nitrogens with one attached hydrogen (secondary N) is 1. The Morgan fingerprint density at radius 2 is 1.89 bits per heavy atom. The van der Waals surface area contributed by atoms with Gasteiger partial charge in [0.25, 0.3) is 0 Å². The van der Waals surface area contributed by atoms with Crippen LogP contribution in [0.25, 0.3) is 0 Å². The second-order valence-electron chi connectivity index (χ2n) is 5.59. The van der Waals surface area contributed by atoms with Crippen molar-refractivity contribution in [2.24, 2.45) is 5.92 Å². The summed E-state index contributed by atoms with van der Waals surface area (Å²) in [5.74, 6) is 1.06. The maximum absolute atomic E-state index is 11.9. The Balaban J connectivity index is 1.65. The quantitative estimate of drug-likeness (QED) is 0.772. The molecule has 0 atom stereocenters. The molecule has 0 aromatic rings. The molecule has 0 unspecified atom stereocenters. The fraction of sp³-hybridized carbons (Fsp3) is 0.929. The molecule has 0 radical (unpaired) electrons. The Morgan fingerprint density at radius 3 is 2.53 bits per heavy atom. The summed E-state index contributed by atoms with van der Waals surface area (Å²) in [6.07, 6.45) is 2.94. The van der Waals surface area contributed by atoms with Gasteiger partial charge < -0.3 is 15.0 Å². The van der Waals surface area contributed by atoms with Crippen LogP contribution in [0.15, 0.2) is 0 Å². The summed E-state index contributed by atoms with van der Waals surface area (Å²) < 4.78 is 5.37. The van der Waals surface area contributed by atoms with Crippen LogP contribution in [0.1, 0.15) is 19.3 Å². The third-order valence-corrected chi connectivity index (χ3v) is 4.18. The van der Waals surface area contributed by atoms with Gasteiger partial charge in [-0.2, -0.15) is 0 Å². The number of hydrogen-bond acceptors (Lipinski definition) is 4. The van der Waals surface area contributed by atoms with Crippen LogP contribution in [0, 0.1) is 5.92 Å². The lowest BCUT2D eigenvalue weighted by atomic mass is 9.96. The number of ether oxygens (including phenoxy) is 1. The zero-order valence-electron chi connectivity index (χ0n) is 12.1. The van der Waals surface area contributed by atoms with Crippen molar-refractivity contribution < 1.29 is 9.53 Å². The molecule has 0 aliphatic carbocycles. The van der Waals surface area contributed by atoms with E-state index < -0.39 is 0 Å². The standard InChI is InChI=1S/C14H27N3O2/c1-15-5-2-14(18)17-6-3-13(4-7-17)12-16-8-10-19-11-9-16/h13,15H,2-12H2,1H3. The molecule has 5 heteroatoms. The van der Waals surface area contributed by atoms with E-state index in [1.165, 1.54) is 6.54 Å². The minimum atomic E-state index is 0.305. The third-order valence-electron chi connectivity index (χ3n) is 4.18. The lowest BCUT2D eigenvalue weighted by Gasteiger charge is -2.36. The SMILES string of the molecule is CNCCC(=O)N1CCC(CN2CCOCC2)CC1. The molecule has 2 aliphatic rings. The van der Waals surface area contributed by atoms with E-state index in [2.05, 4.69) is 10.2 Å². The van der Waals surface area contributed by atoms with Gasteiger partial charge in [-0.15, -0.1) is 0 Å². The zero-order valence-corrected chi connectivity index (χ0v) is 12.1. The van der Waals surface area contributed by atoms with Crippen molar-refractivity contribution in [3.05, 3.63) is 0 Å². The van der Waals surface area contributed by atoms with E-state index in [1.807, 2.05) is 11.9 Å². The Kier molecular flexibility index (Phi) is 6.07. The molecule has 19 heavy (non-hydrogen) atoms. The summed E-state index contributed by atoms with van der Waals surface area (Å²) >= 11 is 0. The van der Waals surface area contributed by atoms with Gasteiger partial charge in [0.1, 0.15) is 0 Å². The average molecular weight is 269 g/mol. The van der Waals surface area contributed by atoms with Gasteiger partial charge >= 0.3 is 0 Å². The summed E-state index contributed by atoms with van der Waals surface area (Å²) in [5.41, 5.74) is 0. The summed E-state index contributed by atoms with van der Waals surface area (Å²) in [6, 6.07) is 0. The van der Waals surface area contributed by atoms with Crippen LogP contribution in [-0.4, -0.2) is 75.2 Å². The van der Waals surface area contributed by atoms with Gasteiger partial charge in [0.15, 0.2) is 0 Å². The van der Waals surface area contributed by atoms with Crippen molar-refractivity contribution in [3.63, 3.8) is 0 Å². The first-order valence-corrected chi connectivity index (χ1v) is 7.52. The number of hydrogen-bond donors (Lipinski definition) is 1. The number of morpholine rings is 1. The molecule has 0 spiro atoms. The number of piperidine rings is 1. The van der Waals surface area contributed by atoms with Crippen molar-refractivity contribution >= 4 is 5.91 Å². The minimum absolute atomic E-state index is 0.305. The van der Waals surface area contributed by atoms with Gasteiger partial charge in [0.05, 0.1) is 13.2 Å². The number of carbonyl (C=O) groups is 1. The van der Waals surface area contributed by atoms with E-state index in [-0.39, 0.29) is 0 Å². The molecule has 2 aliphatic heterocycles. The van der Waals surface area contributed by atoms with Gasteiger partial charge in [-0.25, -0.2) is 0 Å². The van der Waals surface area contributed by atoms with Gasteiger partial charge in [-0.1, -0.05) is 0 Å². The first-order valence-electron chi connectivity index (χ1n) is 7.52. The highest BCUT2D eigenvalue weighted by Gasteiger charge is 2.24. The van der Waals surface area contributed by atoms with Gasteiger partial charge in [-0.3, -0.25) is 9.69 Å². The van der Waals surface area contributed by atoms with E-state index in [0.29, 0.717) is 12.3 Å². The van der Waals surface area contributed by atoms with E-state index >= 15 is 0 Å². The average Bonchev–Trinajstić information content (AvgIpc) is 2.46. The van der Waals surface area contributed by atoms with E-state index in [0.717, 1.165) is 64.7 Å². The van der Waals surface area contributed by atoms with Crippen LogP contribution in [0.3, 0.4) is 0 Å². The van der Waals surface area contributed by atoms with Crippen LogP contribution >= 0.6 is 0 Å². The Labute approximate surface area is 116 Å². The molecule has 2 heterocycles. The summed E-state index contributed by atoms with van der Waals surface area (Å²) in [6.45, 7) is 7.74. The molecular formula is C14H27N3O2. The molecule has 0 aromatic heterocycles. The Morgan fingerprint density at radius 1 is 1.21 bits per heavy atom. The molecule has 0 bridgehead atoms. The fourth-order valence-electron chi connectivity index (χ4n) is 2.90. The molecule has 0 saturated carbocycles. The number of nitrogens with zero attached hydrogens (tertiary/aromatic N) is 2. The van der Waals surface area contributed by atoms with Crippen LogP contribution < -0.4 is 5.32 Å². The van der Waals surface area contributed by atoms with Crippen molar-refractivity contribution in [2.45, 2.75) is 19.3 Å². The number of amides is 1. The lowest BCUT2D eigenvalue weighted by Crippen LogP contribution is -2.44. The van der Waals surface area contributed by atoms with Crippen molar-refractivity contribution in [3.8, 4) is 0 Å². The monoisotopic (exact) mass is 269 g/mol. The first kappa shape index (κ1) is 14.8. The lowest BCUT2D eigenvalue weighted by molar-refractivity contribution is -0.132. The molecular weight excluding hydrogens is 242 g/mol. The van der Waals surface area contributed by atoms with E-state index in [1.54, 1.807) is 0 Å². The summed E-state index contributed by atoms with van der Waals surface area (Å²) in [5, 5.41) is 3.03. The maximum atomic E-state index is 11.9. The second kappa shape index (κ2) is 7.82. The van der Waals surface area contributed by atoms with Crippen LogP contribution in [0.4, 0.5) is 0 Å². The van der Waals surface area contributed by atoms with Gasteiger partial charge in [-0.05, 0) is 25.8 Å². The summed E-state index contributed by atoms with van der Waals surface area (Å²) in [7, 11) is 1.89. The van der Waals surface area contributed by atoms with Crippen molar-refractivity contribution in [2.75, 3.05) is 59.5 Å². The topological polar surface area (TPSA) is 44.8 Å². The normalized spacial score (nSPS) is 22.7. The maximum Gasteiger partial charge on any atom is 0.223 e. The first-order chi connectivity index (χ1) is 9.29. The van der Waals surface area contributed by atoms with Crippen molar-refractivity contribution in [1.82, 2.24) is 15.1 Å². The highest BCUT2D eigenvalue weighted by molar-refractivity contribution is 5.76. The predicted octanol–water partition coefficient (Wildman–Crippen LogP) is 0.167. The molecule has 2 saturated heterocycles. The molecule has 0 aromatic carbocycles. The predicted molar refractivity (Wildman–Crippen MR) is 75.1 cm³/mol. The van der Waals surface area contributed by atoms with Gasteiger partial charge in [0.2, 0.25) is 5.91 Å². The molecule has 1 N–H and O–H groups in total. The van der Waals surface area contributed by atoms with Gasteiger partial charge in [0, 0.05) is 45.7 Å². The molecule has 110 valence electrons. The number of rotatable bonds is 5. The number of likely N-dealkylation sites (tertiary alicyclic amines) is 1. The van der Waals surface area contributed by atoms with Crippen LogP contribution in [0.2, 0.25) is 0 Å². The minimum Gasteiger partial charge on any atom is -0.379 e. The second-order valence-corrected chi connectivity index (χ2v) is 5.59. The molecule has 2 fully saturated rings. The zero-order chi connectivity index (χ0) is 13.5. The number of carbonyl (C=O) groups excluding carboxylic acids is 1. The van der Waals surface area contributed by atoms with E-state index in [4.69, 9.17) is 4.74 Å². The molecule has 1 amide bonds. The largest absolute Gasteiger partial charge is 0.379 e. The summed E-state index contributed by atoms with van der Waals surface area (Å²) in [4.78, 5) is 16.5. The van der Waals surface area contributed by atoms with Crippen LogP contribution in [0.5, 0.6) is 0 Å². The Hall–Kier alpha value is -0.650. The molecule has 2 rings (SSSR count). The Bertz CT molecular complexity index is 272. The highest BCUT2D eigenvalue weighted by Crippen LogP contribution is 2.19. The smallest absolute Gasteiger partial charge is 0.223 e. The third kappa shape index (κ3) is 4.75. The van der Waals surface area contributed by atoms with Crippen molar-refractivity contribution in [1.29, 1.82) is 0 Å². The fourth-order valence-corrected chi connectivity index (χ4v) is 2.90. The highest BCUT2D eigenvalue weighted by atomic mass is 16.5. The van der Waals surface area contributed by atoms with Crippen LogP contribution in [-0.2, 0) is 9.53 Å².